The SMILES string of the molecule is Cc1cccc(C2(O)CCC(N3CCC(NC(=O)OC(C)(C)C)C3)CC2)c1. The van der Waals surface area contributed by atoms with E-state index in [-0.39, 0.29) is 12.1 Å². The standard InChI is InChI=1S/C22H34N2O3/c1-16-6-5-7-17(14-16)22(26)11-8-19(9-12-22)24-13-10-18(15-24)23-20(25)27-21(2,3)4/h5-7,14,18-19,26H,8-13,15H2,1-4H3,(H,23,25). The number of amides is 1. The van der Waals surface area contributed by atoms with E-state index in [1.54, 1.807) is 0 Å². The molecule has 2 fully saturated rings. The molecule has 0 radical (unpaired) electrons. The average Bonchev–Trinajstić information content (AvgIpc) is 3.02. The molecule has 1 aromatic carbocycles. The normalized spacial score (nSPS) is 29.5. The van der Waals surface area contributed by atoms with Gasteiger partial charge in [-0.1, -0.05) is 29.8 Å². The third-order valence-electron chi connectivity index (χ3n) is 5.79. The third-order valence-corrected chi connectivity index (χ3v) is 5.79. The first-order valence-corrected chi connectivity index (χ1v) is 10.2. The van der Waals surface area contributed by atoms with E-state index in [4.69, 9.17) is 4.74 Å². The number of hydrogen-bond acceptors (Lipinski definition) is 4. The number of benzene rings is 1. The van der Waals surface area contributed by atoms with Crippen molar-refractivity contribution >= 4 is 6.09 Å². The maximum atomic E-state index is 12.0. The van der Waals surface area contributed by atoms with Gasteiger partial charge in [0, 0.05) is 25.2 Å². The number of rotatable bonds is 3. The highest BCUT2D eigenvalue weighted by molar-refractivity contribution is 5.68. The Morgan fingerprint density at radius 3 is 2.59 bits per heavy atom. The Balaban J connectivity index is 1.50. The summed E-state index contributed by atoms with van der Waals surface area (Å²) < 4.78 is 5.36. The maximum absolute atomic E-state index is 12.0. The molecule has 150 valence electrons. The fraction of sp³-hybridized carbons (Fsp3) is 0.682. The lowest BCUT2D eigenvalue weighted by atomic mass is 9.77. The van der Waals surface area contributed by atoms with Gasteiger partial charge in [0.25, 0.3) is 0 Å². The van der Waals surface area contributed by atoms with Crippen LogP contribution in [0.3, 0.4) is 0 Å². The zero-order valence-electron chi connectivity index (χ0n) is 17.1. The highest BCUT2D eigenvalue weighted by Gasteiger charge is 2.38. The number of carbonyl (C=O) groups is 1. The van der Waals surface area contributed by atoms with E-state index in [1.165, 1.54) is 5.56 Å². The lowest BCUT2D eigenvalue weighted by molar-refractivity contribution is -0.0224. The summed E-state index contributed by atoms with van der Waals surface area (Å²) >= 11 is 0. The number of aliphatic hydroxyl groups is 1. The van der Waals surface area contributed by atoms with Gasteiger partial charge < -0.3 is 15.2 Å². The van der Waals surface area contributed by atoms with Crippen LogP contribution in [0.15, 0.2) is 24.3 Å². The van der Waals surface area contributed by atoms with Crippen LogP contribution in [0.1, 0.15) is 64.0 Å². The van der Waals surface area contributed by atoms with E-state index in [0.29, 0.717) is 6.04 Å². The lowest BCUT2D eigenvalue weighted by Gasteiger charge is -2.40. The van der Waals surface area contributed by atoms with Crippen molar-refractivity contribution in [3.63, 3.8) is 0 Å². The van der Waals surface area contributed by atoms with Gasteiger partial charge in [0.05, 0.1) is 5.60 Å². The van der Waals surface area contributed by atoms with Crippen LogP contribution in [0.2, 0.25) is 0 Å². The molecular weight excluding hydrogens is 340 g/mol. The fourth-order valence-corrected chi connectivity index (χ4v) is 4.38. The Kier molecular flexibility index (Phi) is 5.82. The minimum Gasteiger partial charge on any atom is -0.444 e. The summed E-state index contributed by atoms with van der Waals surface area (Å²) in [6.07, 6.45) is 4.20. The monoisotopic (exact) mass is 374 g/mol. The fourth-order valence-electron chi connectivity index (χ4n) is 4.38. The van der Waals surface area contributed by atoms with Crippen molar-refractivity contribution in [2.75, 3.05) is 13.1 Å². The Morgan fingerprint density at radius 2 is 1.96 bits per heavy atom. The van der Waals surface area contributed by atoms with Crippen LogP contribution in [0.4, 0.5) is 4.79 Å². The molecule has 0 spiro atoms. The summed E-state index contributed by atoms with van der Waals surface area (Å²) in [7, 11) is 0. The van der Waals surface area contributed by atoms with Gasteiger partial charge in [-0.25, -0.2) is 4.79 Å². The molecule has 1 atom stereocenters. The van der Waals surface area contributed by atoms with Crippen LogP contribution < -0.4 is 5.32 Å². The number of nitrogens with one attached hydrogen (secondary N) is 1. The Hall–Kier alpha value is -1.59. The molecule has 1 heterocycles. The number of ether oxygens (including phenoxy) is 1. The predicted molar refractivity (Wildman–Crippen MR) is 107 cm³/mol. The molecule has 5 nitrogen and oxygen atoms in total. The Morgan fingerprint density at radius 1 is 1.26 bits per heavy atom. The van der Waals surface area contributed by atoms with E-state index in [9.17, 15) is 9.90 Å². The van der Waals surface area contributed by atoms with Gasteiger partial charge in [-0.2, -0.15) is 0 Å². The molecule has 0 aromatic heterocycles. The van der Waals surface area contributed by atoms with Crippen LogP contribution >= 0.6 is 0 Å². The first-order valence-electron chi connectivity index (χ1n) is 10.2. The molecule has 27 heavy (non-hydrogen) atoms. The molecule has 1 unspecified atom stereocenters. The molecule has 2 aliphatic rings. The molecule has 3 rings (SSSR count). The number of nitrogens with zero attached hydrogens (tertiary/aromatic N) is 1. The zero-order chi connectivity index (χ0) is 19.7. The van der Waals surface area contributed by atoms with Gasteiger partial charge in [0.1, 0.15) is 5.60 Å². The Bertz CT molecular complexity index is 660. The third kappa shape index (κ3) is 5.23. The molecule has 1 aliphatic carbocycles. The van der Waals surface area contributed by atoms with E-state index < -0.39 is 11.2 Å². The topological polar surface area (TPSA) is 61.8 Å². The quantitative estimate of drug-likeness (QED) is 0.846. The molecule has 5 heteroatoms. The van der Waals surface area contributed by atoms with Crippen LogP contribution in [0.5, 0.6) is 0 Å². The van der Waals surface area contributed by atoms with E-state index in [0.717, 1.165) is 50.8 Å². The second-order valence-electron chi connectivity index (χ2n) is 9.26. The van der Waals surface area contributed by atoms with Gasteiger partial charge >= 0.3 is 6.09 Å². The minimum absolute atomic E-state index is 0.150. The number of hydrogen-bond donors (Lipinski definition) is 2. The van der Waals surface area contributed by atoms with Crippen molar-refractivity contribution in [1.82, 2.24) is 10.2 Å². The van der Waals surface area contributed by atoms with Crippen molar-refractivity contribution < 1.29 is 14.6 Å². The van der Waals surface area contributed by atoms with Crippen LogP contribution in [0, 0.1) is 6.92 Å². The van der Waals surface area contributed by atoms with Gasteiger partial charge in [-0.15, -0.1) is 0 Å². The first kappa shape index (κ1) is 20.2. The van der Waals surface area contributed by atoms with Gasteiger partial charge in [0.15, 0.2) is 0 Å². The minimum atomic E-state index is -0.698. The summed E-state index contributed by atoms with van der Waals surface area (Å²) in [6, 6.07) is 8.89. The number of aryl methyl sites for hydroxylation is 1. The summed E-state index contributed by atoms with van der Waals surface area (Å²) in [5, 5.41) is 14.1. The second-order valence-corrected chi connectivity index (χ2v) is 9.26. The molecule has 1 aromatic rings. The van der Waals surface area contributed by atoms with Gasteiger partial charge in [0.2, 0.25) is 0 Å². The predicted octanol–water partition coefficient (Wildman–Crippen LogP) is 3.72. The van der Waals surface area contributed by atoms with Crippen LogP contribution in [0.25, 0.3) is 0 Å². The van der Waals surface area contributed by atoms with Crippen LogP contribution in [-0.4, -0.2) is 46.9 Å². The maximum Gasteiger partial charge on any atom is 0.407 e. The molecular formula is C22H34N2O3. The lowest BCUT2D eigenvalue weighted by Crippen LogP contribution is -2.44. The van der Waals surface area contributed by atoms with Gasteiger partial charge in [-0.05, 0) is 65.4 Å². The van der Waals surface area contributed by atoms with Crippen molar-refractivity contribution in [3.05, 3.63) is 35.4 Å². The molecule has 1 saturated carbocycles. The molecule has 1 saturated heterocycles. The molecule has 1 aliphatic heterocycles. The van der Waals surface area contributed by atoms with Crippen molar-refractivity contribution in [2.24, 2.45) is 0 Å². The second kappa shape index (κ2) is 7.80. The summed E-state index contributed by atoms with van der Waals surface area (Å²) in [4.78, 5) is 14.5. The first-order chi connectivity index (χ1) is 12.6. The number of alkyl carbamates (subject to hydrolysis) is 1. The Labute approximate surface area is 163 Å². The summed E-state index contributed by atoms with van der Waals surface area (Å²) in [5.41, 5.74) is 1.08. The summed E-state index contributed by atoms with van der Waals surface area (Å²) in [6.45, 7) is 9.57. The van der Waals surface area contributed by atoms with Crippen molar-refractivity contribution in [3.8, 4) is 0 Å². The summed E-state index contributed by atoms with van der Waals surface area (Å²) in [5.74, 6) is 0. The smallest absolute Gasteiger partial charge is 0.407 e. The van der Waals surface area contributed by atoms with Gasteiger partial charge in [-0.3, -0.25) is 4.90 Å². The molecule has 2 N–H and O–H groups in total. The largest absolute Gasteiger partial charge is 0.444 e. The van der Waals surface area contributed by atoms with E-state index in [2.05, 4.69) is 29.3 Å². The molecule has 1 amide bonds. The van der Waals surface area contributed by atoms with E-state index in [1.807, 2.05) is 32.9 Å². The van der Waals surface area contributed by atoms with Crippen molar-refractivity contribution in [2.45, 2.75) is 83.1 Å². The average molecular weight is 375 g/mol. The van der Waals surface area contributed by atoms with Crippen molar-refractivity contribution in [1.29, 1.82) is 0 Å². The van der Waals surface area contributed by atoms with Crippen LogP contribution in [-0.2, 0) is 10.3 Å². The highest BCUT2D eigenvalue weighted by Crippen LogP contribution is 2.39. The zero-order valence-corrected chi connectivity index (χ0v) is 17.1. The van der Waals surface area contributed by atoms with E-state index >= 15 is 0 Å². The number of likely N-dealkylation sites (tertiary alicyclic amines) is 1. The number of carbonyl (C=O) groups excluding carboxylic acids is 1. The highest BCUT2D eigenvalue weighted by atomic mass is 16.6. The molecule has 0 bridgehead atoms.